The summed E-state index contributed by atoms with van der Waals surface area (Å²) in [4.78, 5) is 78.3. The fraction of sp³-hybridized carbons (Fsp3) is 0.542. The minimum atomic E-state index is -1.16. The van der Waals surface area contributed by atoms with Crippen LogP contribution in [0.1, 0.15) is 20.8 Å². The van der Waals surface area contributed by atoms with Gasteiger partial charge in [-0.2, -0.15) is 0 Å². The molecule has 1 aliphatic rings. The van der Waals surface area contributed by atoms with Crippen LogP contribution in [0.2, 0.25) is 0 Å². The summed E-state index contributed by atoms with van der Waals surface area (Å²) in [6.07, 6.45) is 0. The molecule has 1 saturated heterocycles. The standard InChI is InChI=1S/C24H35N5O9/c1-19(30)36-26-11-9-25(17-23(33)29(18-24(34)35)22-7-5-4-6-8-22)10-12-27(37-20(2)31)14-16-28(15-13-26)38-21(3)32/h4-8H,9-18H2,1-3H3,(H,34,35). The molecule has 0 spiro atoms. The summed E-state index contributed by atoms with van der Waals surface area (Å²) in [7, 11) is 0. The Balaban J connectivity index is 2.23. The number of carbonyl (C=O) groups is 5. The van der Waals surface area contributed by atoms with Crippen LogP contribution in [0.15, 0.2) is 30.3 Å². The maximum absolute atomic E-state index is 13.3. The molecule has 1 aromatic carbocycles. The number of hydrogen-bond donors (Lipinski definition) is 1. The van der Waals surface area contributed by atoms with Gasteiger partial charge in [0.05, 0.1) is 32.7 Å². The van der Waals surface area contributed by atoms with E-state index in [1.807, 2.05) is 0 Å². The van der Waals surface area contributed by atoms with Crippen LogP contribution in [0.5, 0.6) is 0 Å². The van der Waals surface area contributed by atoms with Crippen LogP contribution in [0, 0.1) is 0 Å². The van der Waals surface area contributed by atoms with E-state index in [0.29, 0.717) is 5.69 Å². The first-order valence-electron chi connectivity index (χ1n) is 12.1. The van der Waals surface area contributed by atoms with Crippen molar-refractivity contribution in [2.45, 2.75) is 20.8 Å². The lowest BCUT2D eigenvalue weighted by Gasteiger charge is -2.32. The quantitative estimate of drug-likeness (QED) is 0.465. The molecule has 14 heteroatoms. The van der Waals surface area contributed by atoms with Gasteiger partial charge in [-0.3, -0.25) is 28.9 Å². The van der Waals surface area contributed by atoms with Crippen LogP contribution in [0.4, 0.5) is 5.69 Å². The summed E-state index contributed by atoms with van der Waals surface area (Å²) < 4.78 is 0. The highest BCUT2D eigenvalue weighted by molar-refractivity contribution is 5.98. The molecular formula is C24H35N5O9. The summed E-state index contributed by atoms with van der Waals surface area (Å²) in [6, 6.07) is 8.48. The van der Waals surface area contributed by atoms with Crippen LogP contribution in [-0.2, 0) is 38.5 Å². The maximum Gasteiger partial charge on any atom is 0.323 e. The zero-order valence-corrected chi connectivity index (χ0v) is 21.9. The number of anilines is 1. The average molecular weight is 538 g/mol. The van der Waals surface area contributed by atoms with Crippen molar-refractivity contribution in [1.82, 2.24) is 20.1 Å². The summed E-state index contributed by atoms with van der Waals surface area (Å²) in [5.41, 5.74) is 0.447. The number of nitrogens with zero attached hydrogens (tertiary/aromatic N) is 5. The van der Waals surface area contributed by atoms with E-state index in [9.17, 15) is 29.1 Å². The zero-order chi connectivity index (χ0) is 28.1. The third-order valence-electron chi connectivity index (χ3n) is 5.32. The lowest BCUT2D eigenvalue weighted by molar-refractivity contribution is -0.217. The lowest BCUT2D eigenvalue weighted by Crippen LogP contribution is -2.49. The number of para-hydroxylation sites is 1. The highest BCUT2D eigenvalue weighted by Crippen LogP contribution is 2.14. The van der Waals surface area contributed by atoms with Gasteiger partial charge in [-0.25, -0.2) is 0 Å². The van der Waals surface area contributed by atoms with Crippen molar-refractivity contribution < 1.29 is 43.6 Å². The second-order valence-electron chi connectivity index (χ2n) is 8.52. The Bertz CT molecular complexity index is 930. The second-order valence-corrected chi connectivity index (χ2v) is 8.52. The molecule has 0 saturated carbocycles. The van der Waals surface area contributed by atoms with E-state index in [4.69, 9.17) is 14.5 Å². The Morgan fingerprint density at radius 1 is 0.711 bits per heavy atom. The second kappa shape index (κ2) is 15.6. The summed E-state index contributed by atoms with van der Waals surface area (Å²) >= 11 is 0. The van der Waals surface area contributed by atoms with Crippen molar-refractivity contribution in [2.24, 2.45) is 0 Å². The molecule has 1 N–H and O–H groups in total. The monoisotopic (exact) mass is 537 g/mol. The summed E-state index contributed by atoms with van der Waals surface area (Å²) in [5, 5.41) is 13.6. The number of hydrogen-bond acceptors (Lipinski definition) is 12. The smallest absolute Gasteiger partial charge is 0.323 e. The maximum atomic E-state index is 13.3. The Morgan fingerprint density at radius 3 is 1.47 bits per heavy atom. The zero-order valence-electron chi connectivity index (χ0n) is 21.9. The van der Waals surface area contributed by atoms with E-state index < -0.39 is 36.3 Å². The van der Waals surface area contributed by atoms with Gasteiger partial charge in [0.2, 0.25) is 5.91 Å². The molecule has 1 aromatic rings. The number of hydroxylamine groups is 6. The first-order chi connectivity index (χ1) is 18.0. The van der Waals surface area contributed by atoms with E-state index >= 15 is 0 Å². The fourth-order valence-corrected chi connectivity index (χ4v) is 3.72. The number of carbonyl (C=O) groups excluding carboxylic acids is 4. The third kappa shape index (κ3) is 11.6. The summed E-state index contributed by atoms with van der Waals surface area (Å²) in [6.45, 7) is 4.86. The fourth-order valence-electron chi connectivity index (χ4n) is 3.72. The number of rotatable bonds is 8. The highest BCUT2D eigenvalue weighted by Gasteiger charge is 2.24. The molecule has 1 heterocycles. The largest absolute Gasteiger partial charge is 0.480 e. The Morgan fingerprint density at radius 2 is 1.11 bits per heavy atom. The first-order valence-corrected chi connectivity index (χ1v) is 12.1. The molecule has 0 radical (unpaired) electrons. The molecule has 1 amide bonds. The molecule has 38 heavy (non-hydrogen) atoms. The van der Waals surface area contributed by atoms with Crippen molar-refractivity contribution in [3.8, 4) is 0 Å². The molecule has 0 aliphatic carbocycles. The normalized spacial score (nSPS) is 16.9. The van der Waals surface area contributed by atoms with Gasteiger partial charge in [-0.05, 0) is 12.1 Å². The van der Waals surface area contributed by atoms with Gasteiger partial charge in [-0.15, -0.1) is 15.2 Å². The van der Waals surface area contributed by atoms with Crippen LogP contribution in [0.3, 0.4) is 0 Å². The van der Waals surface area contributed by atoms with Crippen LogP contribution in [-0.4, -0.2) is 120 Å². The Kier molecular flexibility index (Phi) is 12.6. The predicted molar refractivity (Wildman–Crippen MR) is 133 cm³/mol. The molecule has 0 aromatic heterocycles. The average Bonchev–Trinajstić information content (AvgIpc) is 2.83. The topological polar surface area (TPSA) is 149 Å². The SMILES string of the molecule is CC(=O)ON1CCN(CC(=O)N(CC(=O)O)c2ccccc2)CCN(OC(C)=O)CCN(OC(C)=O)CC1. The lowest BCUT2D eigenvalue weighted by atomic mass is 10.2. The Labute approximate surface area is 221 Å². The molecule has 1 fully saturated rings. The van der Waals surface area contributed by atoms with E-state index in [0.717, 1.165) is 0 Å². The van der Waals surface area contributed by atoms with Crippen LogP contribution >= 0.6 is 0 Å². The Hall–Kier alpha value is -3.59. The van der Waals surface area contributed by atoms with E-state index in [2.05, 4.69) is 0 Å². The molecular weight excluding hydrogens is 502 g/mol. The third-order valence-corrected chi connectivity index (χ3v) is 5.32. The van der Waals surface area contributed by atoms with Crippen molar-refractivity contribution in [3.05, 3.63) is 30.3 Å². The summed E-state index contributed by atoms with van der Waals surface area (Å²) in [5.74, 6) is -3.18. The van der Waals surface area contributed by atoms with E-state index in [1.54, 1.807) is 35.2 Å². The van der Waals surface area contributed by atoms with E-state index in [1.165, 1.54) is 40.9 Å². The molecule has 0 atom stereocenters. The number of benzene rings is 1. The van der Waals surface area contributed by atoms with E-state index in [-0.39, 0.29) is 58.9 Å². The van der Waals surface area contributed by atoms with Gasteiger partial charge in [0, 0.05) is 52.6 Å². The van der Waals surface area contributed by atoms with Gasteiger partial charge in [-0.1, -0.05) is 18.2 Å². The molecule has 0 bridgehead atoms. The van der Waals surface area contributed by atoms with Crippen molar-refractivity contribution in [2.75, 3.05) is 70.3 Å². The van der Waals surface area contributed by atoms with Crippen molar-refractivity contribution >= 4 is 35.5 Å². The minimum Gasteiger partial charge on any atom is -0.480 e. The highest BCUT2D eigenvalue weighted by atomic mass is 16.7. The van der Waals surface area contributed by atoms with Gasteiger partial charge >= 0.3 is 23.9 Å². The number of carboxylic acids is 1. The molecule has 1 aliphatic heterocycles. The first kappa shape index (κ1) is 30.6. The predicted octanol–water partition coefficient (Wildman–Crippen LogP) is -0.240. The number of amides is 1. The molecule has 2 rings (SSSR count). The van der Waals surface area contributed by atoms with Gasteiger partial charge < -0.3 is 24.5 Å². The van der Waals surface area contributed by atoms with Gasteiger partial charge in [0.15, 0.2) is 0 Å². The van der Waals surface area contributed by atoms with Crippen LogP contribution in [0.25, 0.3) is 0 Å². The van der Waals surface area contributed by atoms with Gasteiger partial charge in [0.25, 0.3) is 0 Å². The minimum absolute atomic E-state index is 0.135. The van der Waals surface area contributed by atoms with Crippen molar-refractivity contribution in [3.63, 3.8) is 0 Å². The molecule has 14 nitrogen and oxygen atoms in total. The van der Waals surface area contributed by atoms with Crippen molar-refractivity contribution in [1.29, 1.82) is 0 Å². The van der Waals surface area contributed by atoms with Gasteiger partial charge in [0.1, 0.15) is 6.54 Å². The molecule has 210 valence electrons. The molecule has 0 unspecified atom stereocenters. The number of aliphatic carboxylic acids is 1. The number of carboxylic acid groups (broad SMARTS) is 1. The van der Waals surface area contributed by atoms with Crippen LogP contribution < -0.4 is 4.90 Å².